The van der Waals surface area contributed by atoms with Gasteiger partial charge in [0.1, 0.15) is 23.8 Å². The Balaban J connectivity index is 1.26. The Hall–Kier alpha value is -3.69. The fourth-order valence-corrected chi connectivity index (χ4v) is 3.57. The van der Waals surface area contributed by atoms with Gasteiger partial charge in [-0.15, -0.1) is 0 Å². The number of amides is 1. The molecule has 2 atom stereocenters. The number of non-ortho nitro benzene ring substituents is 1. The maximum absolute atomic E-state index is 13.8. The molecule has 8 nitrogen and oxygen atoms in total. The lowest BCUT2D eigenvalue weighted by Crippen LogP contribution is -2.27. The summed E-state index contributed by atoms with van der Waals surface area (Å²) in [6.07, 6.45) is 2.51. The first-order chi connectivity index (χ1) is 14.9. The molecule has 1 aliphatic rings. The van der Waals surface area contributed by atoms with E-state index in [1.54, 1.807) is 6.07 Å². The predicted octanol–water partition coefficient (Wildman–Crippen LogP) is 3.54. The predicted molar refractivity (Wildman–Crippen MR) is 110 cm³/mol. The SMILES string of the molecule is O=C(NCCCNc1ncnc2ccc([N+](=O)[O-])cc12)[C@H]1C[C@H]1c1ccc(F)cc1F. The van der Waals surface area contributed by atoms with Crippen LogP contribution in [0.2, 0.25) is 0 Å². The number of fused-ring (bicyclic) bond motifs is 1. The van der Waals surface area contributed by atoms with E-state index < -0.39 is 16.6 Å². The summed E-state index contributed by atoms with van der Waals surface area (Å²) >= 11 is 0. The molecule has 2 aromatic carbocycles. The Bertz CT molecular complexity index is 1160. The smallest absolute Gasteiger partial charge is 0.270 e. The van der Waals surface area contributed by atoms with Gasteiger partial charge in [-0.05, 0) is 36.5 Å². The maximum atomic E-state index is 13.8. The highest BCUT2D eigenvalue weighted by Crippen LogP contribution is 2.48. The highest BCUT2D eigenvalue weighted by Gasteiger charge is 2.45. The lowest BCUT2D eigenvalue weighted by molar-refractivity contribution is -0.384. The van der Waals surface area contributed by atoms with Crippen LogP contribution in [-0.2, 0) is 4.79 Å². The van der Waals surface area contributed by atoms with Crippen molar-refractivity contribution in [3.63, 3.8) is 0 Å². The molecule has 31 heavy (non-hydrogen) atoms. The zero-order valence-electron chi connectivity index (χ0n) is 16.3. The van der Waals surface area contributed by atoms with Crippen molar-refractivity contribution in [1.82, 2.24) is 15.3 Å². The average Bonchev–Trinajstić information content (AvgIpc) is 3.53. The van der Waals surface area contributed by atoms with Gasteiger partial charge in [0, 0.05) is 42.6 Å². The number of anilines is 1. The fraction of sp³-hybridized carbons (Fsp3) is 0.286. The van der Waals surface area contributed by atoms with Gasteiger partial charge in [-0.3, -0.25) is 14.9 Å². The lowest BCUT2D eigenvalue weighted by Gasteiger charge is -2.09. The van der Waals surface area contributed by atoms with Crippen LogP contribution in [0.15, 0.2) is 42.7 Å². The van der Waals surface area contributed by atoms with Crippen molar-refractivity contribution in [2.24, 2.45) is 5.92 Å². The summed E-state index contributed by atoms with van der Waals surface area (Å²) in [4.78, 5) is 31.0. The van der Waals surface area contributed by atoms with Gasteiger partial charge < -0.3 is 10.6 Å². The number of aromatic nitrogens is 2. The van der Waals surface area contributed by atoms with E-state index in [0.717, 1.165) is 6.07 Å². The zero-order chi connectivity index (χ0) is 22.0. The van der Waals surface area contributed by atoms with Gasteiger partial charge in [0.05, 0.1) is 10.4 Å². The van der Waals surface area contributed by atoms with Crippen LogP contribution < -0.4 is 10.6 Å². The average molecular weight is 427 g/mol. The Morgan fingerprint density at radius 1 is 1.16 bits per heavy atom. The number of nitrogens with zero attached hydrogens (tertiary/aromatic N) is 3. The number of hydrogen-bond acceptors (Lipinski definition) is 6. The van der Waals surface area contributed by atoms with Gasteiger partial charge in [-0.25, -0.2) is 18.7 Å². The number of halogens is 2. The molecule has 0 spiro atoms. The minimum atomic E-state index is -0.638. The van der Waals surface area contributed by atoms with E-state index in [4.69, 9.17) is 0 Å². The molecule has 1 fully saturated rings. The normalized spacial score (nSPS) is 17.4. The summed E-state index contributed by atoms with van der Waals surface area (Å²) in [5.41, 5.74) is 0.909. The summed E-state index contributed by atoms with van der Waals surface area (Å²) in [5, 5.41) is 17.5. The van der Waals surface area contributed by atoms with Crippen molar-refractivity contribution in [2.45, 2.75) is 18.8 Å². The molecule has 0 unspecified atom stereocenters. The third-order valence-electron chi connectivity index (χ3n) is 5.26. The standard InChI is InChI=1S/C21H19F2N5O3/c22-12-2-4-14(18(23)8-12)15-10-16(15)21(29)25-7-1-6-24-20-17-9-13(28(30)31)3-5-19(17)26-11-27-20/h2-5,8-9,11,15-16H,1,6-7,10H2,(H,25,29)(H,24,26,27)/t15-,16-/m0/s1. The van der Waals surface area contributed by atoms with Crippen LogP contribution in [0.25, 0.3) is 10.9 Å². The third kappa shape index (κ3) is 4.57. The number of carbonyl (C=O) groups excluding carboxylic acids is 1. The molecule has 1 heterocycles. The van der Waals surface area contributed by atoms with Crippen LogP contribution in [0.5, 0.6) is 0 Å². The van der Waals surface area contributed by atoms with E-state index in [9.17, 15) is 23.7 Å². The summed E-state index contributed by atoms with van der Waals surface area (Å²) in [7, 11) is 0. The zero-order valence-corrected chi connectivity index (χ0v) is 16.3. The maximum Gasteiger partial charge on any atom is 0.270 e. The minimum Gasteiger partial charge on any atom is -0.369 e. The van der Waals surface area contributed by atoms with Gasteiger partial charge >= 0.3 is 0 Å². The largest absolute Gasteiger partial charge is 0.369 e. The molecule has 0 bridgehead atoms. The fourth-order valence-electron chi connectivity index (χ4n) is 3.57. The first-order valence-electron chi connectivity index (χ1n) is 9.79. The number of hydrogen-bond donors (Lipinski definition) is 2. The van der Waals surface area contributed by atoms with Crippen molar-refractivity contribution in [3.8, 4) is 0 Å². The van der Waals surface area contributed by atoms with E-state index in [1.807, 2.05) is 0 Å². The molecule has 0 radical (unpaired) electrons. The molecule has 1 aliphatic carbocycles. The van der Waals surface area contributed by atoms with E-state index in [1.165, 1.54) is 30.6 Å². The molecule has 1 saturated carbocycles. The topological polar surface area (TPSA) is 110 Å². The Morgan fingerprint density at radius 2 is 2.00 bits per heavy atom. The van der Waals surface area contributed by atoms with Gasteiger partial charge in [-0.2, -0.15) is 0 Å². The van der Waals surface area contributed by atoms with Crippen LogP contribution >= 0.6 is 0 Å². The molecule has 0 aliphatic heterocycles. The summed E-state index contributed by atoms with van der Waals surface area (Å²) in [6.45, 7) is 0.889. The molecule has 160 valence electrons. The number of benzene rings is 2. The van der Waals surface area contributed by atoms with Crippen molar-refractivity contribution in [3.05, 3.63) is 70.0 Å². The lowest BCUT2D eigenvalue weighted by atomic mass is 10.1. The van der Waals surface area contributed by atoms with Gasteiger partial charge in [0.15, 0.2) is 0 Å². The van der Waals surface area contributed by atoms with E-state index in [2.05, 4.69) is 20.6 Å². The second-order valence-electron chi connectivity index (χ2n) is 7.37. The number of rotatable bonds is 8. The van der Waals surface area contributed by atoms with E-state index >= 15 is 0 Å². The molecular weight excluding hydrogens is 408 g/mol. The molecule has 0 saturated heterocycles. The van der Waals surface area contributed by atoms with Crippen LogP contribution in [0.4, 0.5) is 20.3 Å². The molecular formula is C21H19F2N5O3. The minimum absolute atomic E-state index is 0.0470. The number of nitrogens with one attached hydrogen (secondary N) is 2. The second kappa shape index (κ2) is 8.58. The molecule has 4 rings (SSSR count). The molecule has 1 amide bonds. The molecule has 1 aromatic heterocycles. The molecule has 2 N–H and O–H groups in total. The van der Waals surface area contributed by atoms with Gasteiger partial charge in [-0.1, -0.05) is 6.07 Å². The monoisotopic (exact) mass is 427 g/mol. The van der Waals surface area contributed by atoms with Crippen molar-refractivity contribution in [2.75, 3.05) is 18.4 Å². The third-order valence-corrected chi connectivity index (χ3v) is 5.26. The van der Waals surface area contributed by atoms with Crippen LogP contribution in [0, 0.1) is 27.7 Å². The van der Waals surface area contributed by atoms with Crippen LogP contribution in [0.1, 0.15) is 24.3 Å². The highest BCUT2D eigenvalue weighted by atomic mass is 19.1. The molecule has 3 aromatic rings. The van der Waals surface area contributed by atoms with E-state index in [0.29, 0.717) is 48.2 Å². The second-order valence-corrected chi connectivity index (χ2v) is 7.37. The first-order valence-corrected chi connectivity index (χ1v) is 9.79. The van der Waals surface area contributed by atoms with Crippen molar-refractivity contribution >= 4 is 28.3 Å². The van der Waals surface area contributed by atoms with Crippen molar-refractivity contribution < 1.29 is 18.5 Å². The molecule has 10 heteroatoms. The van der Waals surface area contributed by atoms with Crippen molar-refractivity contribution in [1.29, 1.82) is 0 Å². The van der Waals surface area contributed by atoms with Crippen LogP contribution in [0.3, 0.4) is 0 Å². The van der Waals surface area contributed by atoms with E-state index in [-0.39, 0.29) is 23.4 Å². The summed E-state index contributed by atoms with van der Waals surface area (Å²) in [5.74, 6) is -1.46. The number of nitro groups is 1. The highest BCUT2D eigenvalue weighted by molar-refractivity contribution is 5.90. The summed E-state index contributed by atoms with van der Waals surface area (Å²) in [6, 6.07) is 7.79. The number of carbonyl (C=O) groups is 1. The quantitative estimate of drug-likeness (QED) is 0.323. The Labute approximate surface area is 175 Å². The van der Waals surface area contributed by atoms with Gasteiger partial charge in [0.2, 0.25) is 5.91 Å². The number of nitro benzene ring substituents is 1. The first kappa shape index (κ1) is 20.6. The summed E-state index contributed by atoms with van der Waals surface area (Å²) < 4.78 is 26.9. The Kier molecular flexibility index (Phi) is 5.70. The Morgan fingerprint density at radius 3 is 2.77 bits per heavy atom. The van der Waals surface area contributed by atoms with Crippen LogP contribution in [-0.4, -0.2) is 33.9 Å². The van der Waals surface area contributed by atoms with Gasteiger partial charge in [0.25, 0.3) is 5.69 Å².